The Morgan fingerprint density at radius 2 is 2.17 bits per heavy atom. The molecule has 1 unspecified atom stereocenters. The number of aromatic nitrogens is 3. The Morgan fingerprint density at radius 3 is 2.75 bits per heavy atom. The lowest BCUT2D eigenvalue weighted by Gasteiger charge is -2.27. The molecule has 1 atom stereocenters. The van der Waals surface area contributed by atoms with E-state index < -0.39 is 23.5 Å². The fraction of sp³-hybridized carbons (Fsp3) is 0.643. The first kappa shape index (κ1) is 17.9. The van der Waals surface area contributed by atoms with E-state index >= 15 is 0 Å². The average molecular weight is 338 g/mol. The van der Waals surface area contributed by atoms with Gasteiger partial charge in [-0.15, -0.1) is 10.2 Å². The van der Waals surface area contributed by atoms with Gasteiger partial charge in [-0.2, -0.15) is 0 Å². The van der Waals surface area contributed by atoms with E-state index in [-0.39, 0.29) is 12.5 Å². The maximum Gasteiger partial charge on any atom is 0.325 e. The summed E-state index contributed by atoms with van der Waals surface area (Å²) in [5.74, 6) is -0.226. The third kappa shape index (κ3) is 3.53. The third-order valence-electron chi connectivity index (χ3n) is 3.94. The van der Waals surface area contributed by atoms with Crippen LogP contribution in [0.3, 0.4) is 0 Å². The van der Waals surface area contributed by atoms with Gasteiger partial charge in [-0.1, -0.05) is 0 Å². The number of nitrogens with zero attached hydrogens (tertiary/aromatic N) is 4. The fourth-order valence-corrected chi connectivity index (χ4v) is 2.42. The van der Waals surface area contributed by atoms with Gasteiger partial charge in [-0.3, -0.25) is 14.9 Å². The molecule has 10 nitrogen and oxygen atoms in total. The molecule has 1 fully saturated rings. The van der Waals surface area contributed by atoms with E-state index in [4.69, 9.17) is 4.74 Å². The number of hydrogen-bond donors (Lipinski definition) is 2. The van der Waals surface area contributed by atoms with Crippen LogP contribution in [0.4, 0.5) is 4.79 Å². The Morgan fingerprint density at radius 1 is 1.46 bits per heavy atom. The van der Waals surface area contributed by atoms with Gasteiger partial charge < -0.3 is 19.5 Å². The van der Waals surface area contributed by atoms with Gasteiger partial charge in [0.05, 0.1) is 12.6 Å². The van der Waals surface area contributed by atoms with Gasteiger partial charge in [0, 0.05) is 13.7 Å². The summed E-state index contributed by atoms with van der Waals surface area (Å²) in [4.78, 5) is 37.0. The summed E-state index contributed by atoms with van der Waals surface area (Å²) in [5.41, 5.74) is -1.06. The monoisotopic (exact) mass is 338 g/mol. The molecule has 2 heterocycles. The summed E-state index contributed by atoms with van der Waals surface area (Å²) < 4.78 is 6.80. The number of nitrogens with one attached hydrogen (secondary N) is 2. The van der Waals surface area contributed by atoms with Gasteiger partial charge in [0.2, 0.25) is 5.91 Å². The minimum Gasteiger partial charge on any atom is -0.383 e. The lowest BCUT2D eigenvalue weighted by atomic mass is 10.0. The molecule has 1 aliphatic rings. The summed E-state index contributed by atoms with van der Waals surface area (Å²) in [6.07, 6.45) is 1.56. The highest BCUT2D eigenvalue weighted by Crippen LogP contribution is 2.20. The van der Waals surface area contributed by atoms with Gasteiger partial charge in [-0.05, 0) is 20.8 Å². The highest BCUT2D eigenvalue weighted by molar-refractivity contribution is 6.07. The molecular weight excluding hydrogens is 316 g/mol. The van der Waals surface area contributed by atoms with Crippen LogP contribution < -0.4 is 10.6 Å². The number of methoxy groups -OCH3 is 1. The Hall–Kier alpha value is -2.49. The number of urea groups is 1. The molecule has 1 saturated heterocycles. The normalized spacial score (nSPS) is 17.8. The predicted molar refractivity (Wildman–Crippen MR) is 82.8 cm³/mol. The summed E-state index contributed by atoms with van der Waals surface area (Å²) in [5, 5.41) is 12.8. The number of carbonyl (C=O) groups excluding carboxylic acids is 3. The van der Waals surface area contributed by atoms with E-state index in [1.807, 2.05) is 0 Å². The summed E-state index contributed by atoms with van der Waals surface area (Å²) >= 11 is 0. The number of rotatable bonds is 7. The second-order valence-electron chi connectivity index (χ2n) is 6.07. The van der Waals surface area contributed by atoms with E-state index in [2.05, 4.69) is 20.8 Å². The van der Waals surface area contributed by atoms with E-state index in [9.17, 15) is 14.4 Å². The molecular formula is C14H22N6O4. The van der Waals surface area contributed by atoms with E-state index in [0.717, 1.165) is 0 Å². The largest absolute Gasteiger partial charge is 0.383 e. The molecule has 0 spiro atoms. The van der Waals surface area contributed by atoms with Crippen LogP contribution in [0.5, 0.6) is 0 Å². The Kier molecular flexibility index (Phi) is 5.17. The van der Waals surface area contributed by atoms with Crippen LogP contribution in [0.15, 0.2) is 6.33 Å². The highest BCUT2D eigenvalue weighted by atomic mass is 16.5. The van der Waals surface area contributed by atoms with Gasteiger partial charge in [0.25, 0.3) is 5.91 Å². The maximum atomic E-state index is 12.2. The van der Waals surface area contributed by atoms with Gasteiger partial charge in [0.15, 0.2) is 5.82 Å². The van der Waals surface area contributed by atoms with Gasteiger partial charge >= 0.3 is 6.03 Å². The van der Waals surface area contributed by atoms with Crippen molar-refractivity contribution in [3.8, 4) is 0 Å². The quantitative estimate of drug-likeness (QED) is 0.643. The van der Waals surface area contributed by atoms with Crippen molar-refractivity contribution in [2.45, 2.75) is 38.9 Å². The number of carbonyl (C=O) groups is 3. The smallest absolute Gasteiger partial charge is 0.325 e. The van der Waals surface area contributed by atoms with Crippen LogP contribution in [0.1, 0.15) is 32.6 Å². The third-order valence-corrected chi connectivity index (χ3v) is 3.94. The zero-order valence-electron chi connectivity index (χ0n) is 14.2. The van der Waals surface area contributed by atoms with Gasteiger partial charge in [0.1, 0.15) is 18.4 Å². The molecule has 0 saturated carbocycles. The molecule has 2 rings (SSSR count). The standard InChI is InChI=1S/C14H22N6O4/c1-9(11-18-15-8-19(11)5-6-24-4)16-10(21)7-20-13(23)17-12(22)14(20,2)3/h8-9H,5-7H2,1-4H3,(H,16,21)(H,17,22,23). The van der Waals surface area contributed by atoms with Crippen molar-refractivity contribution in [3.63, 3.8) is 0 Å². The first-order chi connectivity index (χ1) is 11.3. The topological polar surface area (TPSA) is 118 Å². The molecule has 0 radical (unpaired) electrons. The molecule has 1 aliphatic heterocycles. The van der Waals surface area contributed by atoms with Crippen molar-refractivity contribution in [1.29, 1.82) is 0 Å². The SMILES string of the molecule is COCCn1cnnc1C(C)NC(=O)CN1C(=O)NC(=O)C1(C)C. The minimum atomic E-state index is -1.06. The van der Waals surface area contributed by atoms with Crippen LogP contribution in [-0.2, 0) is 20.9 Å². The highest BCUT2D eigenvalue weighted by Gasteiger charge is 2.46. The van der Waals surface area contributed by atoms with Crippen LogP contribution in [0, 0.1) is 0 Å². The summed E-state index contributed by atoms with van der Waals surface area (Å²) in [6.45, 7) is 5.79. The Balaban J connectivity index is 1.99. The molecule has 0 aliphatic carbocycles. The zero-order chi connectivity index (χ0) is 17.9. The lowest BCUT2D eigenvalue weighted by molar-refractivity contribution is -0.127. The second-order valence-corrected chi connectivity index (χ2v) is 6.07. The van der Waals surface area contributed by atoms with Crippen LogP contribution in [-0.4, -0.2) is 63.3 Å². The molecule has 24 heavy (non-hydrogen) atoms. The van der Waals surface area contributed by atoms with Crippen molar-refractivity contribution in [2.24, 2.45) is 0 Å². The lowest BCUT2D eigenvalue weighted by Crippen LogP contribution is -2.49. The van der Waals surface area contributed by atoms with Gasteiger partial charge in [-0.25, -0.2) is 4.79 Å². The van der Waals surface area contributed by atoms with Crippen molar-refractivity contribution in [2.75, 3.05) is 20.3 Å². The van der Waals surface area contributed by atoms with E-state index in [0.29, 0.717) is 19.0 Å². The summed E-state index contributed by atoms with van der Waals surface area (Å²) in [7, 11) is 1.60. The maximum absolute atomic E-state index is 12.2. The number of ether oxygens (including phenoxy) is 1. The number of imide groups is 1. The van der Waals surface area contributed by atoms with E-state index in [1.54, 1.807) is 38.8 Å². The van der Waals surface area contributed by atoms with Crippen LogP contribution in [0.2, 0.25) is 0 Å². The molecule has 1 aromatic heterocycles. The van der Waals surface area contributed by atoms with Crippen molar-refractivity contribution in [1.82, 2.24) is 30.3 Å². The predicted octanol–water partition coefficient (Wildman–Crippen LogP) is -0.568. The molecule has 132 valence electrons. The minimum absolute atomic E-state index is 0.221. The number of amides is 4. The Labute approximate surface area is 139 Å². The molecule has 2 N–H and O–H groups in total. The fourth-order valence-electron chi connectivity index (χ4n) is 2.42. The van der Waals surface area contributed by atoms with Crippen LogP contribution in [0.25, 0.3) is 0 Å². The van der Waals surface area contributed by atoms with Crippen molar-refractivity contribution < 1.29 is 19.1 Å². The summed E-state index contributed by atoms with van der Waals surface area (Å²) in [6, 6.07) is -0.975. The molecule has 10 heteroatoms. The molecule has 0 bridgehead atoms. The second kappa shape index (κ2) is 6.95. The molecule has 4 amide bonds. The molecule has 1 aromatic rings. The van der Waals surface area contributed by atoms with Crippen molar-refractivity contribution >= 4 is 17.8 Å². The van der Waals surface area contributed by atoms with Crippen molar-refractivity contribution in [3.05, 3.63) is 12.2 Å². The Bertz CT molecular complexity index is 641. The molecule has 0 aromatic carbocycles. The number of hydrogen-bond acceptors (Lipinski definition) is 6. The first-order valence-corrected chi connectivity index (χ1v) is 7.56. The first-order valence-electron chi connectivity index (χ1n) is 7.56. The zero-order valence-corrected chi connectivity index (χ0v) is 14.2. The average Bonchev–Trinajstić information content (AvgIpc) is 3.04. The van der Waals surface area contributed by atoms with Crippen LogP contribution >= 0.6 is 0 Å². The van der Waals surface area contributed by atoms with E-state index in [1.165, 1.54) is 4.90 Å².